The van der Waals surface area contributed by atoms with Crippen molar-refractivity contribution in [3.05, 3.63) is 108 Å². The third kappa shape index (κ3) is 7.87. The van der Waals surface area contributed by atoms with E-state index in [0.717, 1.165) is 23.3 Å². The third-order valence-corrected chi connectivity index (χ3v) is 8.76. The van der Waals surface area contributed by atoms with E-state index in [1.807, 2.05) is 12.2 Å². The maximum absolute atomic E-state index is 11.9. The van der Waals surface area contributed by atoms with Gasteiger partial charge in [0, 0.05) is 23.2 Å². The zero-order valence-electron chi connectivity index (χ0n) is 25.3. The molecular weight excluding hydrogens is 684 g/mol. The molecule has 0 saturated heterocycles. The van der Waals surface area contributed by atoms with E-state index in [9.17, 15) is 36.2 Å². The van der Waals surface area contributed by atoms with Crippen molar-refractivity contribution >= 4 is 76.9 Å². The number of pyridine rings is 2. The predicted molar refractivity (Wildman–Crippen MR) is 177 cm³/mol. The number of phenolic OH excluding ortho intramolecular Hbond substituents is 2. The predicted octanol–water partition coefficient (Wildman–Crippen LogP) is 4.69. The first-order chi connectivity index (χ1) is 22.9. The molecule has 0 aliphatic carbocycles. The second-order valence-corrected chi connectivity index (χ2v) is 12.9. The zero-order valence-corrected chi connectivity index (χ0v) is 28.9. The van der Waals surface area contributed by atoms with E-state index in [0.29, 0.717) is 11.4 Å². The summed E-state index contributed by atoms with van der Waals surface area (Å²) >= 11 is 0. The Labute approximate surface area is 301 Å². The molecule has 0 amide bonds. The van der Waals surface area contributed by atoms with Gasteiger partial charge in [-0.15, -0.1) is 10.2 Å². The van der Waals surface area contributed by atoms with E-state index in [-0.39, 0.29) is 74.2 Å². The number of azo groups is 2. The van der Waals surface area contributed by atoms with Crippen LogP contribution >= 0.6 is 0 Å². The molecule has 0 aliphatic heterocycles. The maximum atomic E-state index is 11.9. The summed E-state index contributed by atoms with van der Waals surface area (Å²) in [5.74, 6) is -0.770. The van der Waals surface area contributed by atoms with Gasteiger partial charge in [0.15, 0.2) is 11.5 Å². The van der Waals surface area contributed by atoms with Gasteiger partial charge in [0.25, 0.3) is 20.2 Å². The molecule has 0 aliphatic rings. The largest absolute Gasteiger partial charge is 1.00 e. The van der Waals surface area contributed by atoms with E-state index in [4.69, 9.17) is 0 Å². The van der Waals surface area contributed by atoms with Gasteiger partial charge >= 0.3 is 29.6 Å². The average Bonchev–Trinajstić information content (AvgIpc) is 3.07. The third-order valence-electron chi connectivity index (χ3n) is 6.97. The van der Waals surface area contributed by atoms with Crippen molar-refractivity contribution < 1.29 is 65.7 Å². The molecule has 4 aromatic carbocycles. The summed E-state index contributed by atoms with van der Waals surface area (Å²) in [7, 11) is -9.25. The fourth-order valence-corrected chi connectivity index (χ4v) is 6.07. The van der Waals surface area contributed by atoms with Gasteiger partial charge in [-0.1, -0.05) is 36.4 Å². The topological polar surface area (TPSA) is 224 Å². The van der Waals surface area contributed by atoms with Crippen LogP contribution in [0.1, 0.15) is 11.1 Å². The van der Waals surface area contributed by atoms with Crippen molar-refractivity contribution in [2.75, 3.05) is 0 Å². The van der Waals surface area contributed by atoms with Gasteiger partial charge in [-0.2, -0.15) is 27.1 Å². The number of hydrogen-bond acceptors (Lipinski definition) is 12. The number of aromatic nitrogens is 2. The van der Waals surface area contributed by atoms with Gasteiger partial charge < -0.3 is 10.2 Å². The molecule has 240 valence electrons. The van der Waals surface area contributed by atoms with Crippen LogP contribution in [0.25, 0.3) is 34.0 Å². The Morgan fingerprint density at radius 3 is 1.27 bits per heavy atom. The summed E-state index contributed by atoms with van der Waals surface area (Å²) < 4.78 is 66.9. The monoisotopic (exact) mass is 705 g/mol. The standard InChI is InChI=1S/C32H22N6O8S2.Na/c39-31-25(17-27(47(41,42)43)23-3-1-15-33-29(23)31)37-35-21-11-7-19(8-12-21)5-6-20-9-13-22(14-10-20)36-38-26-18-28(48(44,45)46)24-4-2-16-34-30(24)32(26)40;/h1-18,39-40H,(H,41,42,43)(H,44,45,46);/q;+1/b6-5+,37-35?,38-36?;. The van der Waals surface area contributed by atoms with Crippen molar-refractivity contribution in [2.24, 2.45) is 20.5 Å². The number of rotatable bonds is 8. The molecule has 49 heavy (non-hydrogen) atoms. The molecule has 0 radical (unpaired) electrons. The van der Waals surface area contributed by atoms with Gasteiger partial charge in [0.1, 0.15) is 32.2 Å². The van der Waals surface area contributed by atoms with E-state index in [1.54, 1.807) is 48.5 Å². The van der Waals surface area contributed by atoms with E-state index < -0.39 is 30.0 Å². The van der Waals surface area contributed by atoms with Crippen LogP contribution in [0, 0.1) is 0 Å². The summed E-state index contributed by atoms with van der Waals surface area (Å²) in [6, 6.07) is 21.5. The molecule has 6 rings (SSSR count). The van der Waals surface area contributed by atoms with Crippen molar-refractivity contribution in [2.45, 2.75) is 9.79 Å². The van der Waals surface area contributed by atoms with Crippen molar-refractivity contribution in [3.63, 3.8) is 0 Å². The first-order valence-electron chi connectivity index (χ1n) is 13.8. The van der Waals surface area contributed by atoms with E-state index in [2.05, 4.69) is 30.4 Å². The summed E-state index contributed by atoms with van der Waals surface area (Å²) in [4.78, 5) is 7.08. The van der Waals surface area contributed by atoms with Crippen molar-refractivity contribution in [1.29, 1.82) is 0 Å². The van der Waals surface area contributed by atoms with E-state index >= 15 is 0 Å². The Bertz CT molecular complexity index is 2350. The minimum atomic E-state index is -4.63. The fraction of sp³-hybridized carbons (Fsp3) is 0. The molecule has 2 aromatic heterocycles. The number of benzene rings is 4. The molecule has 17 heteroatoms. The Morgan fingerprint density at radius 2 is 0.918 bits per heavy atom. The normalized spacial score (nSPS) is 12.4. The summed E-state index contributed by atoms with van der Waals surface area (Å²) in [6.45, 7) is 0. The number of phenols is 2. The molecule has 4 N–H and O–H groups in total. The molecule has 0 spiro atoms. The average molecular weight is 706 g/mol. The summed E-state index contributed by atoms with van der Waals surface area (Å²) in [5, 5.41) is 37.3. The van der Waals surface area contributed by atoms with Gasteiger partial charge in [-0.05, 0) is 71.8 Å². The van der Waals surface area contributed by atoms with Gasteiger partial charge in [-0.3, -0.25) is 19.1 Å². The Morgan fingerprint density at radius 1 is 0.551 bits per heavy atom. The second kappa shape index (κ2) is 14.3. The fourth-order valence-electron chi connectivity index (χ4n) is 4.67. The Balaban J connectivity index is 0.00000468. The minimum Gasteiger partial charge on any atom is -0.504 e. The molecular formula is C32H22N6NaO8S2+. The van der Waals surface area contributed by atoms with Crippen LogP contribution in [-0.4, -0.2) is 46.1 Å². The minimum absolute atomic E-state index is 0. The van der Waals surface area contributed by atoms with Gasteiger partial charge in [-0.25, -0.2) is 0 Å². The first-order valence-corrected chi connectivity index (χ1v) is 16.6. The van der Waals surface area contributed by atoms with Crippen molar-refractivity contribution in [3.8, 4) is 11.5 Å². The van der Waals surface area contributed by atoms with Crippen LogP contribution in [0.2, 0.25) is 0 Å². The number of hydrogen-bond donors (Lipinski definition) is 4. The molecule has 0 fully saturated rings. The maximum Gasteiger partial charge on any atom is 1.00 e. The number of fused-ring (bicyclic) bond motifs is 2. The Kier molecular flexibility index (Phi) is 10.3. The quantitative estimate of drug-likeness (QED) is 0.0739. The van der Waals surface area contributed by atoms with E-state index in [1.165, 1.54) is 36.7 Å². The van der Waals surface area contributed by atoms with Gasteiger partial charge in [0.05, 0.1) is 11.4 Å². The van der Waals surface area contributed by atoms with Gasteiger partial charge in [0.2, 0.25) is 0 Å². The van der Waals surface area contributed by atoms with Crippen LogP contribution in [0.15, 0.2) is 128 Å². The molecule has 0 saturated carbocycles. The molecule has 0 unspecified atom stereocenters. The smallest absolute Gasteiger partial charge is 0.504 e. The van der Waals surface area contributed by atoms with Crippen LogP contribution in [0.3, 0.4) is 0 Å². The molecule has 6 aromatic rings. The molecule has 2 heterocycles. The van der Waals surface area contributed by atoms with Crippen LogP contribution in [-0.2, 0) is 20.2 Å². The Hall–Kier alpha value is -4.94. The zero-order chi connectivity index (χ0) is 34.1. The molecule has 0 bridgehead atoms. The first kappa shape index (κ1) is 35.4. The van der Waals surface area contributed by atoms with Crippen LogP contribution < -0.4 is 29.6 Å². The number of nitrogens with zero attached hydrogens (tertiary/aromatic N) is 6. The van der Waals surface area contributed by atoms with Crippen molar-refractivity contribution in [1.82, 2.24) is 9.97 Å². The van der Waals surface area contributed by atoms with Crippen LogP contribution in [0.4, 0.5) is 22.7 Å². The SMILES string of the molecule is O=S(=O)(O)c1cc(N=Nc2ccc(/C=C/c3ccc(N=Nc4cc(S(=O)(=O)O)c5cccnc5c4O)cc3)cc2)c(O)c2ncccc12.[Na+]. The molecule has 0 atom stereocenters. The summed E-state index contributed by atoms with van der Waals surface area (Å²) in [5.41, 5.74) is 1.99. The second-order valence-electron chi connectivity index (χ2n) is 10.2. The summed E-state index contributed by atoms with van der Waals surface area (Å²) in [6.07, 6.45) is 6.42. The molecule has 14 nitrogen and oxygen atoms in total. The van der Waals surface area contributed by atoms with Crippen LogP contribution in [0.5, 0.6) is 11.5 Å². The number of aromatic hydroxyl groups is 2.